The molecule has 0 unspecified atom stereocenters. The highest BCUT2D eigenvalue weighted by molar-refractivity contribution is 6.40. The van der Waals surface area contributed by atoms with E-state index in [0.717, 1.165) is 23.2 Å². The molecule has 0 fully saturated rings. The van der Waals surface area contributed by atoms with Gasteiger partial charge in [-0.1, -0.05) is 35.3 Å². The molecule has 8 nitrogen and oxygen atoms in total. The van der Waals surface area contributed by atoms with E-state index in [4.69, 9.17) is 27.9 Å². The molecule has 1 aromatic heterocycles. The van der Waals surface area contributed by atoms with Crippen LogP contribution in [-0.4, -0.2) is 40.0 Å². The van der Waals surface area contributed by atoms with Crippen molar-refractivity contribution in [2.45, 2.75) is 32.7 Å². The van der Waals surface area contributed by atoms with E-state index >= 15 is 0 Å². The Hall–Kier alpha value is -3.36. The predicted octanol–water partition coefficient (Wildman–Crippen LogP) is 5.16. The summed E-state index contributed by atoms with van der Waals surface area (Å²) in [5, 5.41) is 3.88. The van der Waals surface area contributed by atoms with Crippen LogP contribution in [0.4, 0.5) is 17.3 Å². The standard InChI is InChI=1S/C25H23Cl2N5O3/c1-14(33)32-10-9-15-11-16(7-8-18(15)25(32,2)3)29-24-28-12-17-22(30-24)35-13-31(23(17)34)21-19(26)5-4-6-20(21)27/h4-8,11-12H,9-10,13H2,1-3H3,(H,28,29,30). The second-order valence-electron chi connectivity index (χ2n) is 8.97. The largest absolute Gasteiger partial charge is 0.455 e. The van der Waals surface area contributed by atoms with Crippen molar-refractivity contribution in [3.8, 4) is 5.88 Å². The van der Waals surface area contributed by atoms with Crippen molar-refractivity contribution in [2.75, 3.05) is 23.5 Å². The first-order valence-corrected chi connectivity index (χ1v) is 11.9. The fraction of sp³-hybridized carbons (Fsp3) is 0.280. The molecular formula is C25H23Cl2N5O3. The van der Waals surface area contributed by atoms with E-state index in [1.807, 2.05) is 23.1 Å². The third-order valence-corrected chi connectivity index (χ3v) is 7.06. The van der Waals surface area contributed by atoms with Crippen molar-refractivity contribution in [1.29, 1.82) is 0 Å². The Kier molecular flexibility index (Phi) is 5.81. The molecule has 0 saturated carbocycles. The zero-order valence-electron chi connectivity index (χ0n) is 19.4. The quantitative estimate of drug-likeness (QED) is 0.522. The van der Waals surface area contributed by atoms with Gasteiger partial charge in [0, 0.05) is 25.4 Å². The molecule has 0 radical (unpaired) electrons. The summed E-state index contributed by atoms with van der Waals surface area (Å²) in [6.07, 6.45) is 2.19. The Morgan fingerprint density at radius 3 is 2.63 bits per heavy atom. The van der Waals surface area contributed by atoms with Gasteiger partial charge in [0.15, 0.2) is 6.73 Å². The summed E-state index contributed by atoms with van der Waals surface area (Å²) in [7, 11) is 0. The zero-order chi connectivity index (χ0) is 24.9. The van der Waals surface area contributed by atoms with Crippen molar-refractivity contribution in [1.82, 2.24) is 14.9 Å². The third-order valence-electron chi connectivity index (χ3n) is 6.45. The number of rotatable bonds is 3. The number of para-hydroxylation sites is 1. The van der Waals surface area contributed by atoms with Crippen molar-refractivity contribution in [3.63, 3.8) is 0 Å². The Bertz CT molecular complexity index is 1340. The molecule has 10 heteroatoms. The molecule has 0 saturated heterocycles. The molecule has 0 atom stereocenters. The van der Waals surface area contributed by atoms with Crippen molar-refractivity contribution in [2.24, 2.45) is 0 Å². The second kappa shape index (κ2) is 8.70. The van der Waals surface area contributed by atoms with Crippen LogP contribution in [0.1, 0.15) is 42.3 Å². The number of fused-ring (bicyclic) bond motifs is 2. The van der Waals surface area contributed by atoms with Crippen LogP contribution in [0.15, 0.2) is 42.6 Å². The van der Waals surface area contributed by atoms with E-state index in [-0.39, 0.29) is 35.5 Å². The number of aromatic nitrogens is 2. The smallest absolute Gasteiger partial charge is 0.268 e. The number of hydrogen-bond donors (Lipinski definition) is 1. The Morgan fingerprint density at radius 1 is 1.17 bits per heavy atom. The molecule has 3 aromatic rings. The molecule has 2 aliphatic rings. The average Bonchev–Trinajstić information content (AvgIpc) is 2.80. The number of carbonyl (C=O) groups excluding carboxylic acids is 2. The highest BCUT2D eigenvalue weighted by Gasteiger charge is 2.36. The van der Waals surface area contributed by atoms with Crippen LogP contribution in [-0.2, 0) is 16.8 Å². The first kappa shape index (κ1) is 23.4. The van der Waals surface area contributed by atoms with Gasteiger partial charge in [0.1, 0.15) is 5.56 Å². The van der Waals surface area contributed by atoms with Gasteiger partial charge >= 0.3 is 0 Å². The van der Waals surface area contributed by atoms with Crippen molar-refractivity contribution in [3.05, 3.63) is 69.3 Å². The van der Waals surface area contributed by atoms with E-state index in [9.17, 15) is 9.59 Å². The van der Waals surface area contributed by atoms with Gasteiger partial charge in [-0.2, -0.15) is 4.98 Å². The molecule has 3 heterocycles. The molecule has 0 bridgehead atoms. The molecular weight excluding hydrogens is 489 g/mol. The summed E-state index contributed by atoms with van der Waals surface area (Å²) in [5.41, 5.74) is 3.30. The van der Waals surface area contributed by atoms with E-state index < -0.39 is 0 Å². The molecule has 0 spiro atoms. The lowest BCUT2D eigenvalue weighted by molar-refractivity contribution is -0.135. The third kappa shape index (κ3) is 4.06. The minimum absolute atomic E-state index is 0.0650. The number of nitrogens with one attached hydrogen (secondary N) is 1. The number of anilines is 3. The summed E-state index contributed by atoms with van der Waals surface area (Å²) in [4.78, 5) is 37.1. The summed E-state index contributed by atoms with van der Waals surface area (Å²) in [6, 6.07) is 11.0. The highest BCUT2D eigenvalue weighted by Crippen LogP contribution is 2.38. The fourth-order valence-electron chi connectivity index (χ4n) is 4.74. The van der Waals surface area contributed by atoms with Crippen molar-refractivity contribution >= 4 is 52.3 Å². The van der Waals surface area contributed by atoms with Crippen LogP contribution in [0, 0.1) is 0 Å². The van der Waals surface area contributed by atoms with Gasteiger partial charge in [0.2, 0.25) is 17.7 Å². The maximum absolute atomic E-state index is 13.1. The van der Waals surface area contributed by atoms with E-state index in [1.54, 1.807) is 25.1 Å². The van der Waals surface area contributed by atoms with Crippen LogP contribution in [0.5, 0.6) is 5.88 Å². The van der Waals surface area contributed by atoms with Crippen LogP contribution in [0.25, 0.3) is 0 Å². The fourth-order valence-corrected chi connectivity index (χ4v) is 5.34. The molecule has 0 aliphatic carbocycles. The molecule has 180 valence electrons. The number of nitrogens with zero attached hydrogens (tertiary/aromatic N) is 4. The monoisotopic (exact) mass is 511 g/mol. The van der Waals surface area contributed by atoms with Crippen LogP contribution in [0.2, 0.25) is 10.0 Å². The van der Waals surface area contributed by atoms with E-state index in [0.29, 0.717) is 28.2 Å². The predicted molar refractivity (Wildman–Crippen MR) is 135 cm³/mol. The number of amides is 2. The minimum Gasteiger partial charge on any atom is -0.455 e. The van der Waals surface area contributed by atoms with Crippen LogP contribution >= 0.6 is 23.2 Å². The van der Waals surface area contributed by atoms with Crippen molar-refractivity contribution < 1.29 is 14.3 Å². The number of hydrogen-bond acceptors (Lipinski definition) is 6. The lowest BCUT2D eigenvalue weighted by Gasteiger charge is -2.43. The zero-order valence-corrected chi connectivity index (χ0v) is 20.9. The molecule has 2 aromatic carbocycles. The summed E-state index contributed by atoms with van der Waals surface area (Å²) >= 11 is 12.5. The molecule has 2 amide bonds. The maximum atomic E-state index is 13.1. The van der Waals surface area contributed by atoms with Gasteiger partial charge < -0.3 is 15.0 Å². The van der Waals surface area contributed by atoms with Gasteiger partial charge in [0.05, 0.1) is 21.3 Å². The summed E-state index contributed by atoms with van der Waals surface area (Å²) in [5.74, 6) is 0.207. The van der Waals surface area contributed by atoms with Gasteiger partial charge in [-0.25, -0.2) is 4.98 Å². The number of halogens is 2. The van der Waals surface area contributed by atoms with Crippen LogP contribution in [0.3, 0.4) is 0 Å². The number of carbonyl (C=O) groups is 2. The first-order chi connectivity index (χ1) is 16.7. The minimum atomic E-state index is -0.384. The van der Waals surface area contributed by atoms with E-state index in [1.165, 1.54) is 11.1 Å². The number of ether oxygens (including phenoxy) is 1. The Morgan fingerprint density at radius 2 is 1.91 bits per heavy atom. The second-order valence-corrected chi connectivity index (χ2v) is 9.78. The Balaban J connectivity index is 1.38. The molecule has 5 rings (SSSR count). The SMILES string of the molecule is CC(=O)N1CCc2cc(Nc3ncc4c(n3)OCN(c3c(Cl)cccc3Cl)C4=O)ccc2C1(C)C. The topological polar surface area (TPSA) is 87.7 Å². The average molecular weight is 512 g/mol. The highest BCUT2D eigenvalue weighted by atomic mass is 35.5. The molecule has 35 heavy (non-hydrogen) atoms. The van der Waals surface area contributed by atoms with Gasteiger partial charge in [-0.15, -0.1) is 0 Å². The van der Waals surface area contributed by atoms with E-state index in [2.05, 4.69) is 29.1 Å². The lowest BCUT2D eigenvalue weighted by Crippen LogP contribution is -2.49. The first-order valence-electron chi connectivity index (χ1n) is 11.1. The Labute approximate surface area is 212 Å². The normalized spacial score (nSPS) is 16.3. The summed E-state index contributed by atoms with van der Waals surface area (Å²) < 4.78 is 5.76. The molecule has 2 aliphatic heterocycles. The molecule has 1 N–H and O–H groups in total. The van der Waals surface area contributed by atoms with Gasteiger partial charge in [-0.05, 0) is 55.7 Å². The maximum Gasteiger partial charge on any atom is 0.268 e. The van der Waals surface area contributed by atoms with Gasteiger partial charge in [-0.3, -0.25) is 14.5 Å². The lowest BCUT2D eigenvalue weighted by atomic mass is 9.83. The summed E-state index contributed by atoms with van der Waals surface area (Å²) in [6.45, 7) is 6.30. The van der Waals surface area contributed by atoms with Gasteiger partial charge in [0.25, 0.3) is 5.91 Å². The van der Waals surface area contributed by atoms with Crippen LogP contribution < -0.4 is 15.0 Å². The number of benzene rings is 2.